The number of carboxylic acids is 1. The Bertz CT molecular complexity index is 1030. The average molecular weight is 467 g/mol. The third-order valence-corrected chi connectivity index (χ3v) is 6.90. The Labute approximate surface area is 198 Å². The van der Waals surface area contributed by atoms with Crippen LogP contribution in [0.5, 0.6) is 0 Å². The molecule has 2 aliphatic rings. The molecule has 2 aromatic rings. The predicted molar refractivity (Wildman–Crippen MR) is 125 cm³/mol. The second-order valence-corrected chi connectivity index (χ2v) is 8.81. The van der Waals surface area contributed by atoms with E-state index in [2.05, 4.69) is 17.4 Å². The number of nitrogens with one attached hydrogen (secondary N) is 1. The van der Waals surface area contributed by atoms with Crippen molar-refractivity contribution >= 4 is 18.0 Å². The lowest BCUT2D eigenvalue weighted by molar-refractivity contribution is -0.143. The third kappa shape index (κ3) is 4.63. The van der Waals surface area contributed by atoms with Crippen LogP contribution >= 0.6 is 0 Å². The van der Waals surface area contributed by atoms with Gasteiger partial charge in [0.2, 0.25) is 5.91 Å². The zero-order valence-corrected chi connectivity index (χ0v) is 19.4. The monoisotopic (exact) mass is 466 g/mol. The van der Waals surface area contributed by atoms with Crippen LogP contribution in [-0.2, 0) is 19.1 Å². The number of hydrogen-bond donors (Lipinski definition) is 2. The van der Waals surface area contributed by atoms with Gasteiger partial charge in [-0.1, -0.05) is 48.5 Å². The van der Waals surface area contributed by atoms with Crippen LogP contribution in [-0.4, -0.2) is 66.9 Å². The van der Waals surface area contributed by atoms with Gasteiger partial charge in [0, 0.05) is 38.6 Å². The first-order valence-electron chi connectivity index (χ1n) is 11.6. The maximum atomic E-state index is 13.2. The average Bonchev–Trinajstić information content (AvgIpc) is 3.38. The summed E-state index contributed by atoms with van der Waals surface area (Å²) in [5, 5.41) is 12.1. The number of alkyl carbamates (subject to hydrolysis) is 1. The number of benzene rings is 2. The van der Waals surface area contributed by atoms with Crippen molar-refractivity contribution in [3.63, 3.8) is 0 Å². The van der Waals surface area contributed by atoms with Crippen molar-refractivity contribution in [3.05, 3.63) is 59.7 Å². The summed E-state index contributed by atoms with van der Waals surface area (Å²) in [6, 6.07) is 14.8. The van der Waals surface area contributed by atoms with Crippen molar-refractivity contribution in [2.24, 2.45) is 5.92 Å². The lowest BCUT2D eigenvalue weighted by Crippen LogP contribution is -2.51. The number of hydrogen-bond acceptors (Lipinski definition) is 5. The van der Waals surface area contributed by atoms with Crippen LogP contribution in [0.2, 0.25) is 0 Å². The van der Waals surface area contributed by atoms with Gasteiger partial charge in [-0.2, -0.15) is 0 Å². The van der Waals surface area contributed by atoms with Crippen LogP contribution in [0.25, 0.3) is 11.1 Å². The topological polar surface area (TPSA) is 105 Å². The van der Waals surface area contributed by atoms with Gasteiger partial charge in [0.25, 0.3) is 0 Å². The van der Waals surface area contributed by atoms with E-state index >= 15 is 0 Å². The molecule has 2 amide bonds. The maximum Gasteiger partial charge on any atom is 0.407 e. The molecule has 0 saturated carbocycles. The van der Waals surface area contributed by atoms with Gasteiger partial charge in [-0.25, -0.2) is 4.79 Å². The first kappa shape index (κ1) is 23.8. The van der Waals surface area contributed by atoms with Crippen LogP contribution in [0, 0.1) is 5.92 Å². The lowest BCUT2D eigenvalue weighted by Gasteiger charge is -2.28. The van der Waals surface area contributed by atoms with Crippen molar-refractivity contribution < 1.29 is 29.0 Å². The fourth-order valence-electron chi connectivity index (χ4n) is 5.06. The molecule has 3 atom stereocenters. The summed E-state index contributed by atoms with van der Waals surface area (Å²) in [5.74, 6) is -1.93. The van der Waals surface area contributed by atoms with Crippen LogP contribution < -0.4 is 5.32 Å². The molecule has 1 heterocycles. The Kier molecular flexibility index (Phi) is 7.17. The highest BCUT2D eigenvalue weighted by atomic mass is 16.5. The van der Waals surface area contributed by atoms with E-state index in [0.717, 1.165) is 22.3 Å². The summed E-state index contributed by atoms with van der Waals surface area (Å²) in [6.07, 6.45) is -0.0250. The van der Waals surface area contributed by atoms with E-state index in [1.807, 2.05) is 36.4 Å². The molecule has 1 saturated heterocycles. The van der Waals surface area contributed by atoms with E-state index in [-0.39, 0.29) is 31.5 Å². The molecule has 180 valence electrons. The van der Waals surface area contributed by atoms with E-state index in [4.69, 9.17) is 9.47 Å². The number of methoxy groups -OCH3 is 1. The number of carbonyl (C=O) groups is 3. The summed E-state index contributed by atoms with van der Waals surface area (Å²) in [4.78, 5) is 38.9. The largest absolute Gasteiger partial charge is 0.481 e. The molecule has 34 heavy (non-hydrogen) atoms. The Morgan fingerprint density at radius 3 is 2.26 bits per heavy atom. The van der Waals surface area contributed by atoms with Gasteiger partial charge in [-0.15, -0.1) is 0 Å². The van der Waals surface area contributed by atoms with E-state index in [0.29, 0.717) is 13.0 Å². The molecule has 3 unspecified atom stereocenters. The highest BCUT2D eigenvalue weighted by Crippen LogP contribution is 2.44. The first-order chi connectivity index (χ1) is 16.4. The number of carbonyl (C=O) groups excluding carboxylic acids is 2. The van der Waals surface area contributed by atoms with E-state index in [1.54, 1.807) is 6.92 Å². The van der Waals surface area contributed by atoms with Gasteiger partial charge >= 0.3 is 12.1 Å². The van der Waals surface area contributed by atoms with E-state index < -0.39 is 30.1 Å². The number of ether oxygens (including phenoxy) is 2. The van der Waals surface area contributed by atoms with Crippen molar-refractivity contribution in [2.75, 3.05) is 26.9 Å². The molecule has 2 aromatic carbocycles. The molecule has 4 rings (SSSR count). The van der Waals surface area contributed by atoms with Gasteiger partial charge in [0.15, 0.2) is 0 Å². The van der Waals surface area contributed by atoms with Crippen molar-refractivity contribution in [3.8, 4) is 11.1 Å². The molecule has 0 radical (unpaired) electrons. The fraction of sp³-hybridized carbons (Fsp3) is 0.423. The molecule has 0 aromatic heterocycles. The first-order valence-corrected chi connectivity index (χ1v) is 11.6. The predicted octanol–water partition coefficient (Wildman–Crippen LogP) is 3.25. The van der Waals surface area contributed by atoms with E-state index in [1.165, 1.54) is 12.0 Å². The van der Waals surface area contributed by atoms with Crippen molar-refractivity contribution in [2.45, 2.75) is 37.8 Å². The molecule has 1 aliphatic carbocycles. The molecular formula is C26H30N2O6. The third-order valence-electron chi connectivity index (χ3n) is 6.90. The standard InChI is InChI=1S/C26H30N2O6/c1-16-17(25(30)31)11-13-28(16)24(29)23(12-14-33-2)27-26(32)34-15-22-20-9-5-3-7-18(20)19-8-4-6-10-21(19)22/h3-10,16-17,22-23H,11-15H2,1-2H3,(H,27,32)(H,30,31). The molecule has 0 spiro atoms. The fourth-order valence-corrected chi connectivity index (χ4v) is 5.06. The smallest absolute Gasteiger partial charge is 0.407 e. The lowest BCUT2D eigenvalue weighted by atomic mass is 9.98. The molecule has 8 nitrogen and oxygen atoms in total. The van der Waals surface area contributed by atoms with Crippen LogP contribution in [0.1, 0.15) is 36.8 Å². The highest BCUT2D eigenvalue weighted by Gasteiger charge is 2.40. The van der Waals surface area contributed by atoms with Crippen molar-refractivity contribution in [1.29, 1.82) is 0 Å². The number of amides is 2. The van der Waals surface area contributed by atoms with Gasteiger partial charge in [0.05, 0.1) is 5.92 Å². The van der Waals surface area contributed by atoms with Crippen molar-refractivity contribution in [1.82, 2.24) is 10.2 Å². The normalized spacial score (nSPS) is 19.9. The Hall–Kier alpha value is -3.39. The quantitative estimate of drug-likeness (QED) is 0.619. The SMILES string of the molecule is COCCC(NC(=O)OCC1c2ccccc2-c2ccccc21)C(=O)N1CCC(C(=O)O)C1C. The van der Waals surface area contributed by atoms with Crippen LogP contribution in [0.15, 0.2) is 48.5 Å². The maximum absolute atomic E-state index is 13.2. The zero-order chi connectivity index (χ0) is 24.2. The number of fused-ring (bicyclic) bond motifs is 3. The molecule has 2 N–H and O–H groups in total. The molecular weight excluding hydrogens is 436 g/mol. The number of rotatable bonds is 8. The van der Waals surface area contributed by atoms with Gasteiger partial charge in [0.1, 0.15) is 12.6 Å². The van der Waals surface area contributed by atoms with Gasteiger partial charge in [-0.3, -0.25) is 9.59 Å². The minimum Gasteiger partial charge on any atom is -0.481 e. The molecule has 0 bridgehead atoms. The minimum atomic E-state index is -0.916. The zero-order valence-electron chi connectivity index (χ0n) is 19.4. The highest BCUT2D eigenvalue weighted by molar-refractivity contribution is 5.87. The summed E-state index contributed by atoms with van der Waals surface area (Å²) < 4.78 is 10.7. The number of nitrogens with zero attached hydrogens (tertiary/aromatic N) is 1. The Morgan fingerprint density at radius 2 is 1.71 bits per heavy atom. The number of aliphatic carboxylic acids is 1. The van der Waals surface area contributed by atoms with E-state index in [9.17, 15) is 19.5 Å². The number of carboxylic acid groups (broad SMARTS) is 1. The van der Waals surface area contributed by atoms with Gasteiger partial charge in [-0.05, 0) is 35.6 Å². The Morgan fingerprint density at radius 1 is 1.09 bits per heavy atom. The Balaban J connectivity index is 1.42. The minimum absolute atomic E-state index is 0.0822. The van der Waals surface area contributed by atoms with Gasteiger partial charge < -0.3 is 24.8 Å². The summed E-state index contributed by atoms with van der Waals surface area (Å²) >= 11 is 0. The van der Waals surface area contributed by atoms with Crippen LogP contribution in [0.4, 0.5) is 4.79 Å². The second-order valence-electron chi connectivity index (χ2n) is 8.81. The van der Waals surface area contributed by atoms with Crippen LogP contribution in [0.3, 0.4) is 0 Å². The number of likely N-dealkylation sites (tertiary alicyclic amines) is 1. The molecule has 1 aliphatic heterocycles. The second kappa shape index (κ2) is 10.3. The molecule has 8 heteroatoms. The molecule has 1 fully saturated rings. The summed E-state index contributed by atoms with van der Waals surface area (Å²) in [5.41, 5.74) is 4.48. The summed E-state index contributed by atoms with van der Waals surface area (Å²) in [6.45, 7) is 2.48. The summed E-state index contributed by atoms with van der Waals surface area (Å²) in [7, 11) is 1.52.